The lowest BCUT2D eigenvalue weighted by Crippen LogP contribution is -2.30. The van der Waals surface area contributed by atoms with Crippen LogP contribution in [0.15, 0.2) is 18.3 Å². The number of nitrogens with zero attached hydrogens (tertiary/aromatic N) is 3. The normalized spacial score (nSPS) is 16.6. The molecule has 0 saturated carbocycles. The zero-order valence-electron chi connectivity index (χ0n) is 13.2. The molecule has 1 aliphatic rings. The lowest BCUT2D eigenvalue weighted by molar-refractivity contribution is 0.0599. The van der Waals surface area contributed by atoms with E-state index in [1.807, 2.05) is 0 Å². The van der Waals surface area contributed by atoms with Crippen LogP contribution in [0.5, 0.6) is 0 Å². The minimum Gasteiger partial charge on any atom is -0.476 e. The maximum atomic E-state index is 11.7. The van der Waals surface area contributed by atoms with E-state index in [-0.39, 0.29) is 11.6 Å². The van der Waals surface area contributed by atoms with E-state index in [4.69, 9.17) is 4.74 Å². The lowest BCUT2D eigenvalue weighted by atomic mass is 9.96. The molecule has 1 saturated heterocycles. The fourth-order valence-electron chi connectivity index (χ4n) is 3.06. The number of aromatic nitrogens is 2. The van der Waals surface area contributed by atoms with Crippen molar-refractivity contribution < 1.29 is 19.4 Å². The summed E-state index contributed by atoms with van der Waals surface area (Å²) in [6.07, 6.45) is 3.58. The molecule has 0 aliphatic carbocycles. The molecule has 1 N–H and O–H groups in total. The monoisotopic (exact) mass is 317 g/mol. The average Bonchev–Trinajstić information content (AvgIpc) is 2.93. The number of carboxylic acid groups (broad SMARTS) is 1. The Bertz CT molecular complexity index is 760. The molecule has 122 valence electrons. The number of carbonyl (C=O) groups is 2. The molecule has 0 atom stereocenters. The molecule has 7 nitrogen and oxygen atoms in total. The summed E-state index contributed by atoms with van der Waals surface area (Å²) >= 11 is 0. The summed E-state index contributed by atoms with van der Waals surface area (Å²) in [5.41, 5.74) is 0.719. The third kappa shape index (κ3) is 2.79. The van der Waals surface area contributed by atoms with E-state index >= 15 is 0 Å². The topological polar surface area (TPSA) is 84.1 Å². The molecule has 0 amide bonds. The number of carbonyl (C=O) groups excluding carboxylic acids is 1. The van der Waals surface area contributed by atoms with Gasteiger partial charge in [-0.15, -0.1) is 0 Å². The van der Waals surface area contributed by atoms with Gasteiger partial charge in [0.1, 0.15) is 5.82 Å². The van der Waals surface area contributed by atoms with Crippen LogP contribution in [0.3, 0.4) is 0 Å². The highest BCUT2D eigenvalue weighted by atomic mass is 16.5. The third-order valence-corrected chi connectivity index (χ3v) is 4.38. The molecular weight excluding hydrogens is 298 g/mol. The number of ether oxygens (including phenoxy) is 1. The summed E-state index contributed by atoms with van der Waals surface area (Å²) < 4.78 is 6.48. The predicted octanol–water partition coefficient (Wildman–Crippen LogP) is 1.63. The maximum Gasteiger partial charge on any atom is 0.356 e. The molecule has 7 heteroatoms. The van der Waals surface area contributed by atoms with E-state index < -0.39 is 11.9 Å². The summed E-state index contributed by atoms with van der Waals surface area (Å²) in [6.45, 7) is 1.92. The standard InChI is InChI=1S/C16H19N3O4/c1-18-6-3-10(4-7-18)14-17-13(15(20)21)12-9-11(16(22)23-2)5-8-19(12)14/h5,8-10H,3-4,6-7H2,1-2H3,(H,20,21). The zero-order chi connectivity index (χ0) is 16.6. The first-order chi connectivity index (χ1) is 11.0. The first-order valence-corrected chi connectivity index (χ1v) is 7.53. The number of hydrogen-bond acceptors (Lipinski definition) is 5. The van der Waals surface area contributed by atoms with Crippen LogP contribution in [0.25, 0.3) is 5.52 Å². The van der Waals surface area contributed by atoms with Crippen molar-refractivity contribution in [1.29, 1.82) is 0 Å². The maximum absolute atomic E-state index is 11.7. The Morgan fingerprint density at radius 1 is 1.35 bits per heavy atom. The molecule has 3 heterocycles. The van der Waals surface area contributed by atoms with Gasteiger partial charge in [-0.05, 0) is 45.1 Å². The molecule has 0 radical (unpaired) electrons. The second kappa shape index (κ2) is 6.00. The molecule has 2 aromatic rings. The Labute approximate surface area is 133 Å². The van der Waals surface area contributed by atoms with Gasteiger partial charge < -0.3 is 19.1 Å². The summed E-state index contributed by atoms with van der Waals surface area (Å²) in [4.78, 5) is 29.8. The molecule has 3 rings (SSSR count). The van der Waals surface area contributed by atoms with E-state index in [0.717, 1.165) is 31.8 Å². The van der Waals surface area contributed by atoms with Crippen LogP contribution in [-0.4, -0.2) is 58.6 Å². The van der Waals surface area contributed by atoms with Crippen molar-refractivity contribution in [2.75, 3.05) is 27.2 Å². The van der Waals surface area contributed by atoms with Gasteiger partial charge >= 0.3 is 11.9 Å². The van der Waals surface area contributed by atoms with E-state index in [9.17, 15) is 14.7 Å². The van der Waals surface area contributed by atoms with Gasteiger partial charge in [0.15, 0.2) is 5.69 Å². The highest BCUT2D eigenvalue weighted by Crippen LogP contribution is 2.29. The number of pyridine rings is 1. The number of likely N-dealkylation sites (tertiary alicyclic amines) is 1. The molecule has 0 spiro atoms. The molecule has 23 heavy (non-hydrogen) atoms. The minimum absolute atomic E-state index is 0.0234. The van der Waals surface area contributed by atoms with Gasteiger partial charge in [0.2, 0.25) is 0 Å². The van der Waals surface area contributed by atoms with Gasteiger partial charge in [-0.25, -0.2) is 14.6 Å². The van der Waals surface area contributed by atoms with Gasteiger partial charge in [-0.3, -0.25) is 0 Å². The number of methoxy groups -OCH3 is 1. The second-order valence-electron chi connectivity index (χ2n) is 5.86. The van der Waals surface area contributed by atoms with Crippen molar-refractivity contribution in [3.05, 3.63) is 35.4 Å². The first-order valence-electron chi connectivity index (χ1n) is 7.53. The van der Waals surface area contributed by atoms with E-state index in [1.165, 1.54) is 13.2 Å². The van der Waals surface area contributed by atoms with Crippen molar-refractivity contribution >= 4 is 17.5 Å². The van der Waals surface area contributed by atoms with Crippen LogP contribution in [0.4, 0.5) is 0 Å². The van der Waals surface area contributed by atoms with Crippen molar-refractivity contribution in [1.82, 2.24) is 14.3 Å². The Morgan fingerprint density at radius 2 is 2.04 bits per heavy atom. The summed E-state index contributed by atoms with van der Waals surface area (Å²) in [5.74, 6) is -0.618. The second-order valence-corrected chi connectivity index (χ2v) is 5.86. The Kier molecular flexibility index (Phi) is 4.04. The van der Waals surface area contributed by atoms with Gasteiger partial charge in [0.25, 0.3) is 0 Å². The van der Waals surface area contributed by atoms with Gasteiger partial charge in [-0.1, -0.05) is 0 Å². The number of aromatic carboxylic acids is 1. The molecule has 0 unspecified atom stereocenters. The van der Waals surface area contributed by atoms with Crippen LogP contribution in [0.1, 0.15) is 45.4 Å². The molecule has 1 aliphatic heterocycles. The summed E-state index contributed by atoms with van der Waals surface area (Å²) in [5, 5.41) is 9.42. The summed E-state index contributed by atoms with van der Waals surface area (Å²) in [7, 11) is 3.37. The number of carboxylic acids is 1. The molecule has 0 aromatic carbocycles. The smallest absolute Gasteiger partial charge is 0.356 e. The summed E-state index contributed by atoms with van der Waals surface area (Å²) in [6, 6.07) is 3.16. The molecule has 2 aromatic heterocycles. The van der Waals surface area contributed by atoms with Crippen LogP contribution in [0.2, 0.25) is 0 Å². The van der Waals surface area contributed by atoms with Gasteiger partial charge in [0.05, 0.1) is 18.2 Å². The average molecular weight is 317 g/mol. The largest absolute Gasteiger partial charge is 0.476 e. The molecule has 1 fully saturated rings. The van der Waals surface area contributed by atoms with E-state index in [0.29, 0.717) is 11.1 Å². The van der Waals surface area contributed by atoms with Crippen LogP contribution < -0.4 is 0 Å². The quantitative estimate of drug-likeness (QED) is 0.866. The lowest BCUT2D eigenvalue weighted by Gasteiger charge is -2.28. The van der Waals surface area contributed by atoms with Gasteiger partial charge in [-0.2, -0.15) is 0 Å². The van der Waals surface area contributed by atoms with Crippen LogP contribution >= 0.6 is 0 Å². The number of piperidine rings is 1. The van der Waals surface area contributed by atoms with Crippen LogP contribution in [0, 0.1) is 0 Å². The fraction of sp³-hybridized carbons (Fsp3) is 0.438. The Balaban J connectivity index is 2.09. The Morgan fingerprint density at radius 3 is 2.65 bits per heavy atom. The number of esters is 1. The van der Waals surface area contributed by atoms with Crippen molar-refractivity contribution in [2.24, 2.45) is 0 Å². The third-order valence-electron chi connectivity index (χ3n) is 4.38. The highest BCUT2D eigenvalue weighted by molar-refractivity contribution is 5.97. The Hall–Kier alpha value is -2.41. The highest BCUT2D eigenvalue weighted by Gasteiger charge is 2.26. The minimum atomic E-state index is -1.09. The SMILES string of the molecule is COC(=O)c1ccn2c(C3CCN(C)CC3)nc(C(=O)O)c2c1. The molecule has 0 bridgehead atoms. The van der Waals surface area contributed by atoms with E-state index in [1.54, 1.807) is 16.7 Å². The molecular formula is C16H19N3O4. The fourth-order valence-corrected chi connectivity index (χ4v) is 3.06. The van der Waals surface area contributed by atoms with Crippen molar-refractivity contribution in [3.8, 4) is 0 Å². The predicted molar refractivity (Wildman–Crippen MR) is 83.0 cm³/mol. The zero-order valence-corrected chi connectivity index (χ0v) is 13.2. The van der Waals surface area contributed by atoms with Crippen molar-refractivity contribution in [3.63, 3.8) is 0 Å². The first kappa shape index (κ1) is 15.5. The number of fused-ring (bicyclic) bond motifs is 1. The van der Waals surface area contributed by atoms with Crippen LogP contribution in [-0.2, 0) is 4.74 Å². The van der Waals surface area contributed by atoms with Crippen molar-refractivity contribution in [2.45, 2.75) is 18.8 Å². The number of imidazole rings is 1. The van der Waals surface area contributed by atoms with E-state index in [2.05, 4.69) is 16.9 Å². The van der Waals surface area contributed by atoms with Gasteiger partial charge in [0, 0.05) is 12.1 Å². The number of rotatable bonds is 3. The number of hydrogen-bond donors (Lipinski definition) is 1.